The molecule has 11 heavy (non-hydrogen) atoms. The number of hydrogen-bond donors (Lipinski definition) is 2. The molecule has 2 unspecified atom stereocenters. The predicted octanol–water partition coefficient (Wildman–Crippen LogP) is -0.521. The van der Waals surface area contributed by atoms with Gasteiger partial charge in [-0.15, -0.1) is 0 Å². The molecule has 0 radical (unpaired) electrons. The number of rotatable bonds is 2. The molecular formula is C6H6O5. The van der Waals surface area contributed by atoms with Gasteiger partial charge in [-0.1, -0.05) is 0 Å². The van der Waals surface area contributed by atoms with Gasteiger partial charge in [0.1, 0.15) is 0 Å². The highest BCUT2D eigenvalue weighted by atomic mass is 16.5. The van der Waals surface area contributed by atoms with E-state index >= 15 is 0 Å². The van der Waals surface area contributed by atoms with Crippen molar-refractivity contribution in [3.63, 3.8) is 0 Å². The van der Waals surface area contributed by atoms with Crippen LogP contribution in [0.3, 0.4) is 0 Å². The van der Waals surface area contributed by atoms with E-state index in [1.165, 1.54) is 12.2 Å². The topological polar surface area (TPSA) is 83.8 Å². The van der Waals surface area contributed by atoms with Crippen LogP contribution in [0.25, 0.3) is 0 Å². The van der Waals surface area contributed by atoms with Gasteiger partial charge in [0.15, 0.2) is 12.2 Å². The molecule has 60 valence electrons. The molecule has 0 fully saturated rings. The van der Waals surface area contributed by atoms with Crippen LogP contribution in [0.5, 0.6) is 0 Å². The molecule has 2 N–H and O–H groups in total. The van der Waals surface area contributed by atoms with Crippen molar-refractivity contribution in [3.8, 4) is 0 Å². The molecule has 2 atom stereocenters. The van der Waals surface area contributed by atoms with Crippen LogP contribution in [-0.4, -0.2) is 34.4 Å². The van der Waals surface area contributed by atoms with E-state index in [-0.39, 0.29) is 0 Å². The summed E-state index contributed by atoms with van der Waals surface area (Å²) in [5, 5.41) is 16.7. The summed E-state index contributed by atoms with van der Waals surface area (Å²) in [7, 11) is 0. The minimum absolute atomic E-state index is 1.11. The summed E-state index contributed by atoms with van der Waals surface area (Å²) < 4.78 is 4.57. The Hall–Kier alpha value is -1.36. The summed E-state index contributed by atoms with van der Waals surface area (Å²) >= 11 is 0. The molecular weight excluding hydrogens is 152 g/mol. The van der Waals surface area contributed by atoms with E-state index in [9.17, 15) is 9.59 Å². The first-order valence-corrected chi connectivity index (χ1v) is 2.90. The number of carboxylic acid groups (broad SMARTS) is 2. The molecule has 0 saturated heterocycles. The minimum atomic E-state index is -1.18. The normalized spacial score (nSPS) is 28.7. The Morgan fingerprint density at radius 3 is 1.64 bits per heavy atom. The molecule has 0 aromatic rings. The van der Waals surface area contributed by atoms with Crippen molar-refractivity contribution in [3.05, 3.63) is 12.2 Å². The van der Waals surface area contributed by atoms with Crippen LogP contribution in [0.1, 0.15) is 0 Å². The van der Waals surface area contributed by atoms with Crippen molar-refractivity contribution < 1.29 is 24.5 Å². The zero-order chi connectivity index (χ0) is 8.43. The van der Waals surface area contributed by atoms with Gasteiger partial charge in [0, 0.05) is 0 Å². The third-order valence-electron chi connectivity index (χ3n) is 1.24. The van der Waals surface area contributed by atoms with Gasteiger partial charge in [-0.25, -0.2) is 9.59 Å². The Bertz CT molecular complexity index is 197. The summed E-state index contributed by atoms with van der Waals surface area (Å²) in [4.78, 5) is 20.4. The molecule has 1 heterocycles. The van der Waals surface area contributed by atoms with Crippen LogP contribution in [0.4, 0.5) is 0 Å². The highest BCUT2D eigenvalue weighted by Crippen LogP contribution is 2.11. The van der Waals surface area contributed by atoms with Gasteiger partial charge in [0.2, 0.25) is 0 Å². The fraction of sp³-hybridized carbons (Fsp3) is 0.333. The van der Waals surface area contributed by atoms with E-state index in [4.69, 9.17) is 10.2 Å². The summed E-state index contributed by atoms with van der Waals surface area (Å²) in [5.74, 6) is -2.35. The number of carbonyl (C=O) groups is 2. The number of aliphatic carboxylic acids is 2. The lowest BCUT2D eigenvalue weighted by Crippen LogP contribution is -2.25. The maximum atomic E-state index is 10.2. The molecule has 0 aliphatic carbocycles. The molecule has 0 bridgehead atoms. The van der Waals surface area contributed by atoms with Crippen molar-refractivity contribution in [2.45, 2.75) is 12.2 Å². The molecule has 0 aromatic carbocycles. The maximum Gasteiger partial charge on any atom is 0.336 e. The van der Waals surface area contributed by atoms with Gasteiger partial charge in [-0.2, -0.15) is 0 Å². The Morgan fingerprint density at radius 2 is 1.45 bits per heavy atom. The van der Waals surface area contributed by atoms with Crippen LogP contribution in [-0.2, 0) is 14.3 Å². The highest BCUT2D eigenvalue weighted by Gasteiger charge is 2.28. The van der Waals surface area contributed by atoms with Crippen LogP contribution < -0.4 is 0 Å². The molecule has 0 saturated carbocycles. The van der Waals surface area contributed by atoms with Crippen molar-refractivity contribution >= 4 is 11.9 Å². The lowest BCUT2D eigenvalue weighted by Gasteiger charge is -2.05. The van der Waals surface area contributed by atoms with Crippen molar-refractivity contribution in [2.24, 2.45) is 0 Å². The Balaban J connectivity index is 2.56. The largest absolute Gasteiger partial charge is 0.479 e. The molecule has 0 aromatic heterocycles. The second-order valence-electron chi connectivity index (χ2n) is 2.04. The second-order valence-corrected chi connectivity index (χ2v) is 2.04. The first kappa shape index (κ1) is 7.74. The summed E-state index contributed by atoms with van der Waals surface area (Å²) in [5.41, 5.74) is 0. The van der Waals surface area contributed by atoms with Gasteiger partial charge >= 0.3 is 11.9 Å². The van der Waals surface area contributed by atoms with Gasteiger partial charge in [0.25, 0.3) is 0 Å². The lowest BCUT2D eigenvalue weighted by atomic mass is 10.3. The first-order chi connectivity index (χ1) is 5.11. The van der Waals surface area contributed by atoms with Crippen LogP contribution in [0.15, 0.2) is 12.2 Å². The Labute approximate surface area is 61.9 Å². The van der Waals surface area contributed by atoms with E-state index in [2.05, 4.69) is 4.74 Å². The van der Waals surface area contributed by atoms with Crippen molar-refractivity contribution in [2.75, 3.05) is 0 Å². The zero-order valence-corrected chi connectivity index (χ0v) is 5.43. The number of hydrogen-bond acceptors (Lipinski definition) is 3. The van der Waals surface area contributed by atoms with E-state index in [1.54, 1.807) is 0 Å². The summed E-state index contributed by atoms with van der Waals surface area (Å²) in [6, 6.07) is 0. The Morgan fingerprint density at radius 1 is 1.09 bits per heavy atom. The van der Waals surface area contributed by atoms with Gasteiger partial charge in [-0.3, -0.25) is 0 Å². The van der Waals surface area contributed by atoms with Crippen LogP contribution in [0.2, 0.25) is 0 Å². The van der Waals surface area contributed by atoms with E-state index in [0.29, 0.717) is 0 Å². The first-order valence-electron chi connectivity index (χ1n) is 2.90. The average molecular weight is 158 g/mol. The minimum Gasteiger partial charge on any atom is -0.479 e. The monoisotopic (exact) mass is 158 g/mol. The standard InChI is InChI=1S/C6H6O5/c7-5(8)3-1-2-4(11-3)6(9)10/h1-4H,(H,7,8)(H,9,10). The smallest absolute Gasteiger partial charge is 0.336 e. The summed E-state index contributed by atoms with van der Waals surface area (Å²) in [6.07, 6.45) is 0.189. The van der Waals surface area contributed by atoms with Crippen LogP contribution >= 0.6 is 0 Å². The van der Waals surface area contributed by atoms with E-state index < -0.39 is 24.1 Å². The fourth-order valence-corrected chi connectivity index (χ4v) is 0.732. The highest BCUT2D eigenvalue weighted by molar-refractivity contribution is 5.80. The zero-order valence-electron chi connectivity index (χ0n) is 5.43. The molecule has 0 spiro atoms. The predicted molar refractivity (Wildman–Crippen MR) is 33.1 cm³/mol. The van der Waals surface area contributed by atoms with Gasteiger partial charge < -0.3 is 14.9 Å². The van der Waals surface area contributed by atoms with E-state index in [1.807, 2.05) is 0 Å². The quantitative estimate of drug-likeness (QED) is 0.528. The molecule has 1 aliphatic rings. The molecule has 5 heteroatoms. The third-order valence-corrected chi connectivity index (χ3v) is 1.24. The maximum absolute atomic E-state index is 10.2. The third kappa shape index (κ3) is 1.56. The molecule has 0 amide bonds. The van der Waals surface area contributed by atoms with Gasteiger partial charge in [0.05, 0.1) is 0 Å². The molecule has 5 nitrogen and oxygen atoms in total. The van der Waals surface area contributed by atoms with E-state index in [0.717, 1.165) is 0 Å². The van der Waals surface area contributed by atoms with Crippen LogP contribution in [0, 0.1) is 0 Å². The number of ether oxygens (including phenoxy) is 1. The van der Waals surface area contributed by atoms with Crippen molar-refractivity contribution in [1.29, 1.82) is 0 Å². The second kappa shape index (κ2) is 2.71. The molecule has 1 aliphatic heterocycles. The Kier molecular flexibility index (Phi) is 1.91. The molecule has 1 rings (SSSR count). The lowest BCUT2D eigenvalue weighted by molar-refractivity contribution is -0.155. The number of carboxylic acids is 2. The average Bonchev–Trinajstić information content (AvgIpc) is 2.33. The van der Waals surface area contributed by atoms with Gasteiger partial charge in [-0.05, 0) is 12.2 Å². The summed E-state index contributed by atoms with van der Waals surface area (Å²) in [6.45, 7) is 0. The fourth-order valence-electron chi connectivity index (χ4n) is 0.732. The SMILES string of the molecule is O=C(O)C1C=CC(C(=O)O)O1. The van der Waals surface area contributed by atoms with Crippen molar-refractivity contribution in [1.82, 2.24) is 0 Å².